The SMILES string of the molecule is CC(C)(C)CCCC(=O)OCCOCCOCCOC(=O)CCCC(C)(C)C. The Morgan fingerprint density at radius 3 is 1.21 bits per heavy atom. The normalized spacial score (nSPS) is 12.1. The molecule has 0 aromatic carbocycles. The average Bonchev–Trinajstić information content (AvgIpc) is 2.54. The highest BCUT2D eigenvalue weighted by atomic mass is 16.6. The van der Waals surface area contributed by atoms with Crippen LogP contribution in [-0.4, -0.2) is 51.6 Å². The molecule has 0 fully saturated rings. The van der Waals surface area contributed by atoms with Crippen molar-refractivity contribution in [3.63, 3.8) is 0 Å². The second kappa shape index (κ2) is 14.8. The van der Waals surface area contributed by atoms with Gasteiger partial charge in [0.1, 0.15) is 13.2 Å². The molecule has 0 atom stereocenters. The molecule has 0 aliphatic heterocycles. The Morgan fingerprint density at radius 1 is 0.571 bits per heavy atom. The molecule has 0 rings (SSSR count). The van der Waals surface area contributed by atoms with Crippen LogP contribution in [0.3, 0.4) is 0 Å². The summed E-state index contributed by atoms with van der Waals surface area (Å²) < 4.78 is 20.9. The Bertz CT molecular complexity index is 380. The van der Waals surface area contributed by atoms with Crippen molar-refractivity contribution >= 4 is 11.9 Å². The number of carbonyl (C=O) groups is 2. The minimum Gasteiger partial charge on any atom is -0.463 e. The van der Waals surface area contributed by atoms with Gasteiger partial charge in [0.25, 0.3) is 0 Å². The Labute approximate surface area is 171 Å². The highest BCUT2D eigenvalue weighted by molar-refractivity contribution is 5.69. The maximum Gasteiger partial charge on any atom is 0.305 e. The van der Waals surface area contributed by atoms with Gasteiger partial charge in [-0.15, -0.1) is 0 Å². The van der Waals surface area contributed by atoms with Crippen LogP contribution in [0.2, 0.25) is 0 Å². The summed E-state index contributed by atoms with van der Waals surface area (Å²) in [6.07, 6.45) is 4.60. The molecule has 0 N–H and O–H groups in total. The lowest BCUT2D eigenvalue weighted by atomic mass is 9.90. The van der Waals surface area contributed by atoms with Gasteiger partial charge in [-0.25, -0.2) is 0 Å². The zero-order chi connectivity index (χ0) is 21.5. The Morgan fingerprint density at radius 2 is 0.893 bits per heavy atom. The van der Waals surface area contributed by atoms with Crippen molar-refractivity contribution in [1.82, 2.24) is 0 Å². The van der Waals surface area contributed by atoms with Crippen molar-refractivity contribution in [2.75, 3.05) is 39.6 Å². The van der Waals surface area contributed by atoms with E-state index >= 15 is 0 Å². The molecule has 0 saturated heterocycles. The molecule has 6 heteroatoms. The number of esters is 2. The summed E-state index contributed by atoms with van der Waals surface area (Å²) in [6, 6.07) is 0. The van der Waals surface area contributed by atoms with Crippen LogP contribution in [0.1, 0.15) is 80.1 Å². The zero-order valence-corrected chi connectivity index (χ0v) is 18.9. The third-order valence-corrected chi connectivity index (χ3v) is 3.97. The van der Waals surface area contributed by atoms with Gasteiger partial charge in [-0.1, -0.05) is 41.5 Å². The Kier molecular flexibility index (Phi) is 14.2. The van der Waals surface area contributed by atoms with Gasteiger partial charge in [0.05, 0.1) is 26.4 Å². The third-order valence-electron chi connectivity index (χ3n) is 3.97. The summed E-state index contributed by atoms with van der Waals surface area (Å²) in [7, 11) is 0. The Hall–Kier alpha value is -1.14. The first-order valence-corrected chi connectivity index (χ1v) is 10.5. The van der Waals surface area contributed by atoms with Gasteiger partial charge < -0.3 is 18.9 Å². The summed E-state index contributed by atoms with van der Waals surface area (Å²) in [5.41, 5.74) is 0.488. The number of rotatable bonds is 15. The predicted molar refractivity (Wildman–Crippen MR) is 110 cm³/mol. The third kappa shape index (κ3) is 21.2. The van der Waals surface area contributed by atoms with Gasteiger partial charge in [-0.2, -0.15) is 0 Å². The lowest BCUT2D eigenvalue weighted by Crippen LogP contribution is -2.15. The second-order valence-electron chi connectivity index (χ2n) is 9.49. The van der Waals surface area contributed by atoms with Gasteiger partial charge in [0, 0.05) is 12.8 Å². The monoisotopic (exact) mass is 402 g/mol. The van der Waals surface area contributed by atoms with Crippen LogP contribution in [0.4, 0.5) is 0 Å². The molecule has 0 aliphatic carbocycles. The van der Waals surface area contributed by atoms with Gasteiger partial charge in [-0.05, 0) is 36.5 Å². The van der Waals surface area contributed by atoms with Crippen molar-refractivity contribution in [3.05, 3.63) is 0 Å². The standard InChI is InChI=1S/C22H42O6/c1-21(2,3)11-7-9-19(23)27-17-15-25-13-14-26-16-18-28-20(24)10-8-12-22(4,5)6/h7-18H2,1-6H3. The lowest BCUT2D eigenvalue weighted by molar-refractivity contribution is -0.147. The smallest absolute Gasteiger partial charge is 0.305 e. The first-order valence-electron chi connectivity index (χ1n) is 10.5. The Balaban J connectivity index is 3.35. The van der Waals surface area contributed by atoms with E-state index in [-0.39, 0.29) is 36.0 Å². The van der Waals surface area contributed by atoms with E-state index in [4.69, 9.17) is 18.9 Å². The van der Waals surface area contributed by atoms with Gasteiger partial charge in [-0.3, -0.25) is 9.59 Å². The van der Waals surface area contributed by atoms with E-state index in [2.05, 4.69) is 41.5 Å². The van der Waals surface area contributed by atoms with Crippen molar-refractivity contribution in [3.8, 4) is 0 Å². The van der Waals surface area contributed by atoms with Gasteiger partial charge >= 0.3 is 11.9 Å². The highest BCUT2D eigenvalue weighted by Crippen LogP contribution is 2.22. The van der Waals surface area contributed by atoms with E-state index in [1.807, 2.05) is 0 Å². The van der Waals surface area contributed by atoms with E-state index in [9.17, 15) is 9.59 Å². The molecular formula is C22H42O6. The highest BCUT2D eigenvalue weighted by Gasteiger charge is 2.12. The molecule has 0 aromatic heterocycles. The number of hydrogen-bond donors (Lipinski definition) is 0. The largest absolute Gasteiger partial charge is 0.463 e. The van der Waals surface area contributed by atoms with Crippen LogP contribution >= 0.6 is 0 Å². The molecule has 0 heterocycles. The maximum absolute atomic E-state index is 11.6. The molecule has 6 nitrogen and oxygen atoms in total. The van der Waals surface area contributed by atoms with Crippen LogP contribution in [-0.2, 0) is 28.5 Å². The topological polar surface area (TPSA) is 71.1 Å². The van der Waals surface area contributed by atoms with Crippen molar-refractivity contribution < 1.29 is 28.5 Å². The zero-order valence-electron chi connectivity index (χ0n) is 18.9. The van der Waals surface area contributed by atoms with E-state index in [0.29, 0.717) is 39.3 Å². The second-order valence-corrected chi connectivity index (χ2v) is 9.49. The van der Waals surface area contributed by atoms with Crippen LogP contribution in [0.15, 0.2) is 0 Å². The molecule has 0 unspecified atom stereocenters. The summed E-state index contributed by atoms with van der Waals surface area (Å²) >= 11 is 0. The van der Waals surface area contributed by atoms with Crippen LogP contribution in [0.25, 0.3) is 0 Å². The first kappa shape index (κ1) is 26.9. The summed E-state index contributed by atoms with van der Waals surface area (Å²) in [5, 5.41) is 0. The van der Waals surface area contributed by atoms with Crippen molar-refractivity contribution in [2.24, 2.45) is 10.8 Å². The minimum atomic E-state index is -0.173. The van der Waals surface area contributed by atoms with Crippen molar-refractivity contribution in [2.45, 2.75) is 80.1 Å². The number of carbonyl (C=O) groups excluding carboxylic acids is 2. The maximum atomic E-state index is 11.6. The van der Waals surface area contributed by atoms with Crippen molar-refractivity contribution in [1.29, 1.82) is 0 Å². The van der Waals surface area contributed by atoms with Crippen LogP contribution in [0.5, 0.6) is 0 Å². The molecule has 0 radical (unpaired) electrons. The van der Waals surface area contributed by atoms with Crippen LogP contribution < -0.4 is 0 Å². The molecule has 28 heavy (non-hydrogen) atoms. The molecular weight excluding hydrogens is 360 g/mol. The van der Waals surface area contributed by atoms with Gasteiger partial charge in [0.2, 0.25) is 0 Å². The molecule has 0 bridgehead atoms. The fourth-order valence-electron chi connectivity index (χ4n) is 2.42. The van der Waals surface area contributed by atoms with Crippen LogP contribution in [0, 0.1) is 10.8 Å². The molecule has 166 valence electrons. The summed E-state index contributed by atoms with van der Waals surface area (Å²) in [6.45, 7) is 15.0. The summed E-state index contributed by atoms with van der Waals surface area (Å²) in [4.78, 5) is 23.1. The molecule has 0 aliphatic rings. The molecule has 0 aromatic rings. The minimum absolute atomic E-state index is 0.173. The summed E-state index contributed by atoms with van der Waals surface area (Å²) in [5.74, 6) is -0.346. The first-order chi connectivity index (χ1) is 13.0. The molecule has 0 amide bonds. The van der Waals surface area contributed by atoms with E-state index in [0.717, 1.165) is 25.7 Å². The fourth-order valence-corrected chi connectivity index (χ4v) is 2.42. The van der Waals surface area contributed by atoms with E-state index < -0.39 is 0 Å². The number of hydrogen-bond acceptors (Lipinski definition) is 6. The lowest BCUT2D eigenvalue weighted by Gasteiger charge is -2.17. The average molecular weight is 403 g/mol. The van der Waals surface area contributed by atoms with E-state index in [1.54, 1.807) is 0 Å². The quantitative estimate of drug-likeness (QED) is 0.296. The van der Waals surface area contributed by atoms with Gasteiger partial charge in [0.15, 0.2) is 0 Å². The number of ether oxygens (including phenoxy) is 4. The molecule has 0 saturated carbocycles. The van der Waals surface area contributed by atoms with E-state index in [1.165, 1.54) is 0 Å². The predicted octanol–water partition coefficient (Wildman–Crippen LogP) is 4.54. The fraction of sp³-hybridized carbons (Fsp3) is 0.909. The molecule has 0 spiro atoms.